The standard InChI is InChI=1S/C48H52N2O11/c1-47(2,3)60-42(53)22-21-39(31-52)50-45(55)35-12-10-11-33(27-35)30-49-44(54)36-28-40(58-46(56)34-19-17-32(18-20-34)23-25-57-26-24-51)43-41(29-36)59-48(61-43,37-13-6-4-7-14-37)38-15-8-5-9-16-38/h4-20,23,25,27,29,39-41,43,51-52H,21-22,24,26,28,30-31H2,1-3H3,(H,49,54)(H,50,55)/t39-,40+,41+,43-/m0/s1. The van der Waals surface area contributed by atoms with Gasteiger partial charge >= 0.3 is 11.9 Å². The molecule has 1 heterocycles. The molecule has 6 rings (SSSR count). The molecular weight excluding hydrogens is 781 g/mol. The van der Waals surface area contributed by atoms with Gasteiger partial charge in [0.25, 0.3) is 5.91 Å². The van der Waals surface area contributed by atoms with E-state index in [0.29, 0.717) is 22.3 Å². The molecule has 1 aliphatic carbocycles. The molecule has 1 saturated heterocycles. The van der Waals surface area contributed by atoms with Crippen molar-refractivity contribution in [3.8, 4) is 0 Å². The van der Waals surface area contributed by atoms with Crippen molar-refractivity contribution in [1.82, 2.24) is 10.6 Å². The van der Waals surface area contributed by atoms with Crippen LogP contribution < -0.4 is 10.6 Å². The first-order chi connectivity index (χ1) is 29.4. The molecule has 2 aliphatic rings. The summed E-state index contributed by atoms with van der Waals surface area (Å²) in [6, 6.07) is 31.7. The number of aliphatic hydroxyl groups excluding tert-OH is 2. The highest BCUT2D eigenvalue weighted by Crippen LogP contribution is 2.47. The van der Waals surface area contributed by atoms with Crippen molar-refractivity contribution >= 4 is 29.8 Å². The largest absolute Gasteiger partial charge is 0.499 e. The molecule has 0 saturated carbocycles. The molecule has 0 aromatic heterocycles. The molecule has 2 amide bonds. The SMILES string of the molecule is CC(C)(C)OC(=O)CC[C@@H](CO)NC(=O)c1cccc(CNC(=O)C2=C[C@H]3OC(c4ccccc4)(c4ccccc4)O[C@H]3[C@H](OC(=O)c3ccc(C=COCCO)cc3)C2)c1. The van der Waals surface area contributed by atoms with Gasteiger partial charge < -0.3 is 44.5 Å². The van der Waals surface area contributed by atoms with E-state index in [4.69, 9.17) is 28.8 Å². The van der Waals surface area contributed by atoms with Crippen LogP contribution in [0.1, 0.15) is 83.0 Å². The summed E-state index contributed by atoms with van der Waals surface area (Å²) in [6.07, 6.45) is 2.63. The van der Waals surface area contributed by atoms with Gasteiger partial charge in [-0.2, -0.15) is 0 Å². The molecule has 4 aromatic rings. The van der Waals surface area contributed by atoms with Gasteiger partial charge in [-0.15, -0.1) is 0 Å². The van der Waals surface area contributed by atoms with Crippen molar-refractivity contribution in [2.24, 2.45) is 0 Å². The van der Waals surface area contributed by atoms with Gasteiger partial charge in [-0.25, -0.2) is 4.79 Å². The van der Waals surface area contributed by atoms with Crippen LogP contribution in [0.2, 0.25) is 0 Å². The molecule has 1 aliphatic heterocycles. The van der Waals surface area contributed by atoms with Crippen molar-refractivity contribution in [3.05, 3.63) is 160 Å². The van der Waals surface area contributed by atoms with Gasteiger partial charge in [-0.1, -0.05) is 84.9 Å². The van der Waals surface area contributed by atoms with E-state index in [1.165, 1.54) is 6.26 Å². The number of ether oxygens (including phenoxy) is 5. The minimum atomic E-state index is -1.37. The van der Waals surface area contributed by atoms with Crippen LogP contribution in [0, 0.1) is 0 Å². The fourth-order valence-electron chi connectivity index (χ4n) is 7.06. The van der Waals surface area contributed by atoms with E-state index >= 15 is 0 Å². The summed E-state index contributed by atoms with van der Waals surface area (Å²) in [4.78, 5) is 53.0. The van der Waals surface area contributed by atoms with Crippen molar-refractivity contribution in [2.75, 3.05) is 19.8 Å². The highest BCUT2D eigenvalue weighted by Gasteiger charge is 2.55. The molecule has 0 spiro atoms. The summed E-state index contributed by atoms with van der Waals surface area (Å²) in [5.41, 5.74) is 3.14. The predicted octanol–water partition coefficient (Wildman–Crippen LogP) is 5.74. The number of carbonyl (C=O) groups is 4. The molecule has 13 heteroatoms. The smallest absolute Gasteiger partial charge is 0.338 e. The Morgan fingerprint density at radius 2 is 1.54 bits per heavy atom. The average Bonchev–Trinajstić information content (AvgIpc) is 3.67. The van der Waals surface area contributed by atoms with E-state index in [-0.39, 0.29) is 45.6 Å². The summed E-state index contributed by atoms with van der Waals surface area (Å²) in [5.74, 6) is -3.27. The van der Waals surface area contributed by atoms with E-state index in [0.717, 1.165) is 16.7 Å². The van der Waals surface area contributed by atoms with E-state index in [1.807, 2.05) is 60.7 Å². The molecule has 1 fully saturated rings. The molecule has 4 atom stereocenters. The number of esters is 2. The number of amides is 2. The molecule has 320 valence electrons. The van der Waals surface area contributed by atoms with Gasteiger partial charge in [0.05, 0.1) is 31.1 Å². The van der Waals surface area contributed by atoms with E-state index in [2.05, 4.69) is 10.6 Å². The van der Waals surface area contributed by atoms with Gasteiger partial charge in [-0.3, -0.25) is 14.4 Å². The maximum absolute atomic E-state index is 14.0. The Morgan fingerprint density at radius 3 is 2.18 bits per heavy atom. The lowest BCUT2D eigenvalue weighted by atomic mass is 9.91. The second-order valence-electron chi connectivity index (χ2n) is 15.7. The van der Waals surface area contributed by atoms with E-state index in [9.17, 15) is 24.3 Å². The Bertz CT molecular complexity index is 2140. The molecule has 0 bridgehead atoms. The fourth-order valence-corrected chi connectivity index (χ4v) is 7.06. The van der Waals surface area contributed by atoms with Crippen LogP contribution >= 0.6 is 0 Å². The number of rotatable bonds is 17. The zero-order chi connectivity index (χ0) is 43.4. The number of nitrogens with one attached hydrogen (secondary N) is 2. The van der Waals surface area contributed by atoms with Gasteiger partial charge in [0, 0.05) is 41.6 Å². The third kappa shape index (κ3) is 11.8. The van der Waals surface area contributed by atoms with E-state index < -0.39 is 59.5 Å². The Kier molecular flexibility index (Phi) is 14.9. The Balaban J connectivity index is 1.18. The van der Waals surface area contributed by atoms with Crippen LogP contribution in [0.25, 0.3) is 6.08 Å². The van der Waals surface area contributed by atoms with Crippen molar-refractivity contribution in [1.29, 1.82) is 0 Å². The number of carbonyl (C=O) groups excluding carboxylic acids is 4. The van der Waals surface area contributed by atoms with Crippen LogP contribution in [-0.2, 0) is 45.6 Å². The number of hydrogen-bond acceptors (Lipinski definition) is 11. The number of hydrogen-bond donors (Lipinski definition) is 4. The lowest BCUT2D eigenvalue weighted by Crippen LogP contribution is -2.43. The molecule has 61 heavy (non-hydrogen) atoms. The zero-order valence-electron chi connectivity index (χ0n) is 34.5. The maximum atomic E-state index is 14.0. The first kappa shape index (κ1) is 44.4. The second kappa shape index (κ2) is 20.4. The average molecular weight is 833 g/mol. The zero-order valence-corrected chi connectivity index (χ0v) is 34.5. The molecule has 4 aromatic carbocycles. The molecule has 0 radical (unpaired) electrons. The molecular formula is C48H52N2O11. The van der Waals surface area contributed by atoms with Crippen molar-refractivity contribution < 1.29 is 53.1 Å². The predicted molar refractivity (Wildman–Crippen MR) is 226 cm³/mol. The van der Waals surface area contributed by atoms with Gasteiger partial charge in [0.1, 0.15) is 30.5 Å². The number of benzene rings is 4. The maximum Gasteiger partial charge on any atom is 0.338 e. The van der Waals surface area contributed by atoms with Gasteiger partial charge in [-0.05, 0) is 74.7 Å². The van der Waals surface area contributed by atoms with Gasteiger partial charge in [0.15, 0.2) is 0 Å². The van der Waals surface area contributed by atoms with Crippen LogP contribution in [0.3, 0.4) is 0 Å². The lowest BCUT2D eigenvalue weighted by Gasteiger charge is -2.31. The normalized spacial score (nSPS) is 18.6. The van der Waals surface area contributed by atoms with Crippen molar-refractivity contribution in [2.45, 2.75) is 82.3 Å². The first-order valence-corrected chi connectivity index (χ1v) is 20.3. The summed E-state index contributed by atoms with van der Waals surface area (Å²) in [5, 5.41) is 24.5. The van der Waals surface area contributed by atoms with Crippen molar-refractivity contribution in [3.63, 3.8) is 0 Å². The monoisotopic (exact) mass is 832 g/mol. The Hall–Kier alpha value is -6.12. The second-order valence-corrected chi connectivity index (χ2v) is 15.7. The van der Waals surface area contributed by atoms with Crippen LogP contribution in [0.15, 0.2) is 127 Å². The van der Waals surface area contributed by atoms with Crippen LogP contribution in [0.5, 0.6) is 0 Å². The number of aliphatic hydroxyl groups is 2. The van der Waals surface area contributed by atoms with E-state index in [1.54, 1.807) is 81.5 Å². The highest BCUT2D eigenvalue weighted by atomic mass is 16.8. The Morgan fingerprint density at radius 1 is 0.852 bits per heavy atom. The van der Waals surface area contributed by atoms with Crippen LogP contribution in [0.4, 0.5) is 0 Å². The summed E-state index contributed by atoms with van der Waals surface area (Å²) in [7, 11) is 0. The minimum Gasteiger partial charge on any atom is -0.499 e. The third-order valence-corrected chi connectivity index (χ3v) is 9.97. The fraction of sp³-hybridized carbons (Fsp3) is 0.333. The first-order valence-electron chi connectivity index (χ1n) is 20.3. The van der Waals surface area contributed by atoms with Gasteiger partial charge in [0.2, 0.25) is 11.7 Å². The highest BCUT2D eigenvalue weighted by molar-refractivity contribution is 5.95. The number of fused-ring (bicyclic) bond motifs is 1. The third-order valence-electron chi connectivity index (χ3n) is 9.97. The quantitative estimate of drug-likeness (QED) is 0.0580. The summed E-state index contributed by atoms with van der Waals surface area (Å²) >= 11 is 0. The topological polar surface area (TPSA) is 179 Å². The van der Waals surface area contributed by atoms with Crippen LogP contribution in [-0.4, -0.2) is 83.7 Å². The lowest BCUT2D eigenvalue weighted by molar-refractivity contribution is -0.157. The molecule has 4 N–H and O–H groups in total. The molecule has 13 nitrogen and oxygen atoms in total. The Labute approximate surface area is 355 Å². The summed E-state index contributed by atoms with van der Waals surface area (Å²) < 4.78 is 30.3. The molecule has 0 unspecified atom stereocenters. The minimum absolute atomic E-state index is 0.0252. The summed E-state index contributed by atoms with van der Waals surface area (Å²) in [6.45, 7) is 5.07.